The van der Waals surface area contributed by atoms with Crippen LogP contribution in [0.15, 0.2) is 24.3 Å². The lowest BCUT2D eigenvalue weighted by Gasteiger charge is -1.75. The molecule has 0 amide bonds. The van der Waals surface area contributed by atoms with E-state index < -0.39 is 20.2 Å². The van der Waals surface area contributed by atoms with Crippen LogP contribution in [0, 0.1) is 0 Å². The molecule has 78 valence electrons. The molecule has 0 bridgehead atoms. The van der Waals surface area contributed by atoms with E-state index in [1.54, 1.807) is 0 Å². The Kier molecular flexibility index (Phi) is 10.2. The first-order valence-corrected chi connectivity index (χ1v) is 4.18. The summed E-state index contributed by atoms with van der Waals surface area (Å²) in [5.41, 5.74) is 0. The van der Waals surface area contributed by atoms with Gasteiger partial charge in [0.25, 0.3) is 0 Å². The number of carbonyl (C=O) groups is 2. The average Bonchev–Trinajstić information content (AvgIpc) is 1.96. The molecule has 0 aromatic rings. The maximum atomic E-state index is 9.78. The summed E-state index contributed by atoms with van der Waals surface area (Å²) in [4.78, 5) is 33.8. The zero-order valence-electron chi connectivity index (χ0n) is 6.77. The van der Waals surface area contributed by atoms with Crippen LogP contribution in [-0.4, -0.2) is 31.9 Å². The summed E-state index contributed by atoms with van der Waals surface area (Å²) >= 11 is 0. The van der Waals surface area contributed by atoms with Gasteiger partial charge in [0.2, 0.25) is 0 Å². The Morgan fingerprint density at radius 2 is 1.14 bits per heavy atom. The van der Waals surface area contributed by atoms with Gasteiger partial charge in [-0.25, -0.2) is 9.59 Å². The van der Waals surface area contributed by atoms with Crippen molar-refractivity contribution in [1.29, 1.82) is 0 Å². The molecule has 0 aliphatic rings. The fourth-order valence-electron chi connectivity index (χ4n) is 0.276. The Bertz CT molecular complexity index is 241. The van der Waals surface area contributed by atoms with Gasteiger partial charge in [-0.15, -0.1) is 9.79 Å². The van der Waals surface area contributed by atoms with Gasteiger partial charge < -0.3 is 10.2 Å². The van der Waals surface area contributed by atoms with Gasteiger partial charge in [0.15, 0.2) is 0 Å². The molecule has 0 saturated carbocycles. The third-order valence-corrected chi connectivity index (χ3v) is 0.589. The number of hydrogen-bond acceptors (Lipinski definition) is 3. The lowest BCUT2D eigenvalue weighted by molar-refractivity contribution is -0.132. The molecular weight excluding hydrogens is 215 g/mol. The van der Waals surface area contributed by atoms with E-state index in [0.717, 1.165) is 24.3 Å². The number of carboxylic acids is 2. The van der Waals surface area contributed by atoms with Gasteiger partial charge in [0.1, 0.15) is 0 Å². The molecule has 0 rings (SSSR count). The van der Waals surface area contributed by atoms with E-state index in [1.807, 2.05) is 0 Å². The summed E-state index contributed by atoms with van der Waals surface area (Å²) < 4.78 is 8.70. The fraction of sp³-hybridized carbons (Fsp3) is 0. The number of allylic oxidation sites excluding steroid dienone is 2. The fourth-order valence-corrected chi connectivity index (χ4v) is 0.276. The van der Waals surface area contributed by atoms with E-state index in [4.69, 9.17) is 24.6 Å². The van der Waals surface area contributed by atoms with Gasteiger partial charge in [-0.05, 0) is 0 Å². The van der Waals surface area contributed by atoms with E-state index in [1.165, 1.54) is 0 Å². The van der Waals surface area contributed by atoms with Crippen LogP contribution in [0.2, 0.25) is 0 Å². The Morgan fingerprint density at radius 1 is 0.929 bits per heavy atom. The zero-order chi connectivity index (χ0) is 11.6. The van der Waals surface area contributed by atoms with Gasteiger partial charge in [-0.1, -0.05) is 12.2 Å². The van der Waals surface area contributed by atoms with Crippen molar-refractivity contribution in [3.8, 4) is 0 Å². The SMILES string of the molecule is O=C(O)C=CC=CC(=O)O.O=[P+](O)O. The van der Waals surface area contributed by atoms with Crippen LogP contribution in [0.4, 0.5) is 0 Å². The smallest absolute Gasteiger partial charge is 0.478 e. The molecule has 4 N–H and O–H groups in total. The second kappa shape index (κ2) is 9.53. The molecule has 0 aliphatic heterocycles. The number of hydrogen-bond donors (Lipinski definition) is 4. The maximum Gasteiger partial charge on any atom is 0.692 e. The summed E-state index contributed by atoms with van der Waals surface area (Å²) in [6, 6.07) is 0. The Hall–Kier alpha value is -1.56. The Labute approximate surface area is 79.6 Å². The Balaban J connectivity index is 0. The van der Waals surface area contributed by atoms with Gasteiger partial charge in [-0.3, -0.25) is 0 Å². The van der Waals surface area contributed by atoms with Crippen molar-refractivity contribution in [2.45, 2.75) is 0 Å². The molecule has 0 radical (unpaired) electrons. The van der Waals surface area contributed by atoms with E-state index in [9.17, 15) is 9.59 Å². The summed E-state index contributed by atoms with van der Waals surface area (Å²) in [5, 5.41) is 16.0. The van der Waals surface area contributed by atoms with Gasteiger partial charge in [-0.2, -0.15) is 0 Å². The largest absolute Gasteiger partial charge is 0.692 e. The van der Waals surface area contributed by atoms with Crippen LogP contribution in [0.5, 0.6) is 0 Å². The van der Waals surface area contributed by atoms with Crippen LogP contribution in [0.3, 0.4) is 0 Å². The molecule has 0 spiro atoms. The molecule has 0 aromatic heterocycles. The summed E-state index contributed by atoms with van der Waals surface area (Å²) in [6.07, 6.45) is 3.96. The van der Waals surface area contributed by atoms with E-state index >= 15 is 0 Å². The van der Waals surface area contributed by atoms with E-state index in [2.05, 4.69) is 0 Å². The average molecular weight is 223 g/mol. The van der Waals surface area contributed by atoms with Gasteiger partial charge in [0.05, 0.1) is 0 Å². The van der Waals surface area contributed by atoms with Gasteiger partial charge in [0, 0.05) is 16.7 Å². The molecular formula is C6H8O7P+. The standard InChI is InChI=1S/C6H6O4.HO3P/c7-5(8)3-1-2-4-6(9)10;1-4(2)3/h1-4H,(H,7,8)(H,9,10);(H-,1,2,3)/p+1. The lowest BCUT2D eigenvalue weighted by Crippen LogP contribution is -1.86. The van der Waals surface area contributed by atoms with Crippen molar-refractivity contribution in [1.82, 2.24) is 0 Å². The first-order chi connectivity index (χ1) is 6.36. The van der Waals surface area contributed by atoms with Crippen LogP contribution in [0.1, 0.15) is 0 Å². The minimum atomic E-state index is -2.87. The summed E-state index contributed by atoms with van der Waals surface area (Å²) in [6.45, 7) is 0. The van der Waals surface area contributed by atoms with Crippen LogP contribution in [0.25, 0.3) is 0 Å². The molecule has 0 aromatic carbocycles. The minimum absolute atomic E-state index is 0.847. The molecule has 0 unspecified atom stereocenters. The highest BCUT2D eigenvalue weighted by Crippen LogP contribution is 1.98. The predicted octanol–water partition coefficient (Wildman–Crippen LogP) is -0.104. The van der Waals surface area contributed by atoms with Crippen molar-refractivity contribution < 1.29 is 34.2 Å². The summed E-state index contributed by atoms with van der Waals surface area (Å²) in [5.74, 6) is -2.20. The van der Waals surface area contributed by atoms with Crippen LogP contribution in [-0.2, 0) is 14.2 Å². The maximum absolute atomic E-state index is 9.78. The molecule has 0 aliphatic carbocycles. The number of carboxylic acid groups (broad SMARTS) is 2. The van der Waals surface area contributed by atoms with Crippen molar-refractivity contribution in [2.24, 2.45) is 0 Å². The molecule has 0 fully saturated rings. The minimum Gasteiger partial charge on any atom is -0.478 e. The third-order valence-electron chi connectivity index (χ3n) is 0.589. The second-order valence-electron chi connectivity index (χ2n) is 1.65. The van der Waals surface area contributed by atoms with Crippen LogP contribution < -0.4 is 0 Å². The molecule has 8 heteroatoms. The molecule has 0 atom stereocenters. The summed E-state index contributed by atoms with van der Waals surface area (Å²) in [7, 11) is -2.87. The molecule has 0 heterocycles. The Morgan fingerprint density at radius 3 is 1.29 bits per heavy atom. The van der Waals surface area contributed by atoms with E-state index in [0.29, 0.717) is 0 Å². The number of aliphatic carboxylic acids is 2. The third kappa shape index (κ3) is 31.4. The quantitative estimate of drug-likeness (QED) is 0.298. The zero-order valence-corrected chi connectivity index (χ0v) is 7.66. The van der Waals surface area contributed by atoms with Crippen LogP contribution >= 0.6 is 8.25 Å². The highest BCUT2D eigenvalue weighted by atomic mass is 31.1. The van der Waals surface area contributed by atoms with Crippen molar-refractivity contribution in [2.75, 3.05) is 0 Å². The first-order valence-electron chi connectivity index (χ1n) is 3.02. The normalized spacial score (nSPS) is 9.57. The van der Waals surface area contributed by atoms with Crippen molar-refractivity contribution in [3.63, 3.8) is 0 Å². The molecule has 7 nitrogen and oxygen atoms in total. The molecule has 0 saturated heterocycles. The highest BCUT2D eigenvalue weighted by Gasteiger charge is 1.93. The van der Waals surface area contributed by atoms with Crippen molar-refractivity contribution >= 4 is 20.2 Å². The van der Waals surface area contributed by atoms with E-state index in [-0.39, 0.29) is 0 Å². The predicted molar refractivity (Wildman–Crippen MR) is 45.6 cm³/mol. The topological polar surface area (TPSA) is 132 Å². The first kappa shape index (κ1) is 14.9. The molecule has 14 heavy (non-hydrogen) atoms. The second-order valence-corrected chi connectivity index (χ2v) is 2.15. The monoisotopic (exact) mass is 223 g/mol. The van der Waals surface area contributed by atoms with Crippen molar-refractivity contribution in [3.05, 3.63) is 24.3 Å². The van der Waals surface area contributed by atoms with Gasteiger partial charge >= 0.3 is 20.2 Å². The lowest BCUT2D eigenvalue weighted by atomic mass is 10.4. The number of rotatable bonds is 3. The highest BCUT2D eigenvalue weighted by molar-refractivity contribution is 7.30.